The number of hydrogen-bond donors (Lipinski definition) is 2. The lowest BCUT2D eigenvalue weighted by atomic mass is 10.3. The van der Waals surface area contributed by atoms with E-state index in [4.69, 9.17) is 5.11 Å². The summed E-state index contributed by atoms with van der Waals surface area (Å²) in [5.74, 6) is 0. The lowest BCUT2D eigenvalue weighted by Crippen LogP contribution is -2.25. The number of aryl methyl sites for hydroxylation is 2. The van der Waals surface area contributed by atoms with Gasteiger partial charge in [0.05, 0.1) is 22.0 Å². The molecule has 15 heavy (non-hydrogen) atoms. The Kier molecular flexibility index (Phi) is 4.76. The van der Waals surface area contributed by atoms with E-state index in [0.29, 0.717) is 6.54 Å². The third-order valence-corrected chi connectivity index (χ3v) is 3.22. The Morgan fingerprint density at radius 3 is 2.80 bits per heavy atom. The third kappa shape index (κ3) is 3.29. The van der Waals surface area contributed by atoms with Gasteiger partial charge in [-0.05, 0) is 36.7 Å². The van der Waals surface area contributed by atoms with E-state index in [1.165, 1.54) is 0 Å². The summed E-state index contributed by atoms with van der Waals surface area (Å²) in [5, 5.41) is 16.7. The second kappa shape index (κ2) is 5.63. The summed E-state index contributed by atoms with van der Waals surface area (Å²) in [5.41, 5.74) is 2.14. The fourth-order valence-corrected chi connectivity index (χ4v) is 1.86. The van der Waals surface area contributed by atoms with Crippen LogP contribution < -0.4 is 5.32 Å². The van der Waals surface area contributed by atoms with Crippen molar-refractivity contribution in [2.24, 2.45) is 0 Å². The molecule has 1 unspecified atom stereocenters. The second-order valence-corrected chi connectivity index (χ2v) is 4.43. The molecule has 0 aliphatic heterocycles. The van der Waals surface area contributed by atoms with Gasteiger partial charge in [0.1, 0.15) is 0 Å². The second-order valence-electron chi connectivity index (χ2n) is 3.64. The molecule has 0 fully saturated rings. The topological polar surface area (TPSA) is 50.1 Å². The minimum Gasteiger partial charge on any atom is -0.392 e. The third-order valence-electron chi connectivity index (χ3n) is 2.19. The minimum absolute atomic E-state index is 0.317. The maximum atomic E-state index is 9.13. The first-order valence-electron chi connectivity index (χ1n) is 5.16. The maximum Gasteiger partial charge on any atom is 0.0739 e. The van der Waals surface area contributed by atoms with Crippen LogP contribution >= 0.6 is 15.9 Å². The molecule has 1 aromatic rings. The molecule has 1 aromatic heterocycles. The van der Waals surface area contributed by atoms with E-state index in [9.17, 15) is 0 Å². The van der Waals surface area contributed by atoms with Crippen LogP contribution in [0.4, 0.5) is 0 Å². The van der Waals surface area contributed by atoms with Gasteiger partial charge < -0.3 is 10.4 Å². The van der Waals surface area contributed by atoms with Crippen molar-refractivity contribution in [3.05, 3.63) is 15.9 Å². The summed E-state index contributed by atoms with van der Waals surface area (Å²) in [6.07, 6.45) is -0.317. The molecule has 5 heteroatoms. The maximum absolute atomic E-state index is 9.13. The molecule has 0 saturated heterocycles. The van der Waals surface area contributed by atoms with Crippen LogP contribution in [-0.2, 0) is 13.1 Å². The van der Waals surface area contributed by atoms with Crippen LogP contribution in [0.15, 0.2) is 4.47 Å². The predicted octanol–water partition coefficient (Wildman–Crippen LogP) is 1.44. The van der Waals surface area contributed by atoms with Crippen molar-refractivity contribution in [1.82, 2.24) is 15.1 Å². The summed E-state index contributed by atoms with van der Waals surface area (Å²) in [6.45, 7) is 7.99. The Hall–Kier alpha value is -0.390. The number of hydrogen-bond acceptors (Lipinski definition) is 3. The van der Waals surface area contributed by atoms with Gasteiger partial charge in [-0.1, -0.05) is 0 Å². The zero-order chi connectivity index (χ0) is 11.4. The van der Waals surface area contributed by atoms with Crippen LogP contribution in [0.2, 0.25) is 0 Å². The molecule has 0 saturated carbocycles. The molecular formula is C10H18BrN3O. The average molecular weight is 276 g/mol. The van der Waals surface area contributed by atoms with Gasteiger partial charge in [0.15, 0.2) is 0 Å². The molecule has 0 spiro atoms. The van der Waals surface area contributed by atoms with E-state index < -0.39 is 0 Å². The lowest BCUT2D eigenvalue weighted by molar-refractivity contribution is 0.190. The summed E-state index contributed by atoms with van der Waals surface area (Å²) < 4.78 is 3.02. The van der Waals surface area contributed by atoms with E-state index >= 15 is 0 Å². The molecule has 0 bridgehead atoms. The summed E-state index contributed by atoms with van der Waals surface area (Å²) in [6, 6.07) is 0. The number of halogens is 1. The Labute approximate surface area is 98.8 Å². The molecular weight excluding hydrogens is 258 g/mol. The van der Waals surface area contributed by atoms with Crippen molar-refractivity contribution >= 4 is 15.9 Å². The fraction of sp³-hybridized carbons (Fsp3) is 0.700. The molecule has 1 atom stereocenters. The monoisotopic (exact) mass is 275 g/mol. The molecule has 0 aliphatic rings. The quantitative estimate of drug-likeness (QED) is 0.855. The summed E-state index contributed by atoms with van der Waals surface area (Å²) >= 11 is 3.52. The van der Waals surface area contributed by atoms with Crippen LogP contribution in [-0.4, -0.2) is 27.5 Å². The first-order chi connectivity index (χ1) is 7.06. The van der Waals surface area contributed by atoms with Gasteiger partial charge in [0.2, 0.25) is 0 Å². The summed E-state index contributed by atoms with van der Waals surface area (Å²) in [4.78, 5) is 0. The van der Waals surface area contributed by atoms with Crippen LogP contribution in [0, 0.1) is 6.92 Å². The molecule has 4 nitrogen and oxygen atoms in total. The largest absolute Gasteiger partial charge is 0.392 e. The van der Waals surface area contributed by atoms with Crippen LogP contribution in [0.25, 0.3) is 0 Å². The first-order valence-corrected chi connectivity index (χ1v) is 5.96. The van der Waals surface area contributed by atoms with Gasteiger partial charge in [0.25, 0.3) is 0 Å². The predicted molar refractivity (Wildman–Crippen MR) is 63.7 cm³/mol. The fourth-order valence-electron chi connectivity index (χ4n) is 1.44. The van der Waals surface area contributed by atoms with Crippen LogP contribution in [0.3, 0.4) is 0 Å². The standard InChI is InChI=1S/C10H18BrN3O/c1-4-14-9(6-12-5-7(2)15)10(11)8(3)13-14/h7,12,15H,4-6H2,1-3H3. The molecule has 0 aromatic carbocycles. The zero-order valence-electron chi connectivity index (χ0n) is 9.42. The molecule has 1 heterocycles. The van der Waals surface area contributed by atoms with Gasteiger partial charge in [-0.15, -0.1) is 0 Å². The van der Waals surface area contributed by atoms with E-state index in [0.717, 1.165) is 29.0 Å². The van der Waals surface area contributed by atoms with Crippen molar-refractivity contribution in [3.63, 3.8) is 0 Å². The number of aliphatic hydroxyl groups excluding tert-OH is 1. The van der Waals surface area contributed by atoms with Gasteiger partial charge in [0, 0.05) is 19.6 Å². The molecule has 0 radical (unpaired) electrons. The Balaban J connectivity index is 2.66. The Morgan fingerprint density at radius 1 is 1.60 bits per heavy atom. The van der Waals surface area contributed by atoms with Gasteiger partial charge in [-0.3, -0.25) is 4.68 Å². The van der Waals surface area contributed by atoms with Crippen LogP contribution in [0.1, 0.15) is 25.2 Å². The number of aliphatic hydroxyl groups is 1. The molecule has 2 N–H and O–H groups in total. The van der Waals surface area contributed by atoms with Gasteiger partial charge in [-0.2, -0.15) is 5.10 Å². The molecule has 0 amide bonds. The van der Waals surface area contributed by atoms with Gasteiger partial charge >= 0.3 is 0 Å². The van der Waals surface area contributed by atoms with E-state index in [-0.39, 0.29) is 6.10 Å². The molecule has 0 aliphatic carbocycles. The highest BCUT2D eigenvalue weighted by Crippen LogP contribution is 2.20. The Morgan fingerprint density at radius 2 is 2.27 bits per heavy atom. The number of aromatic nitrogens is 2. The highest BCUT2D eigenvalue weighted by Gasteiger charge is 2.11. The molecule has 1 rings (SSSR count). The lowest BCUT2D eigenvalue weighted by Gasteiger charge is -2.08. The van der Waals surface area contributed by atoms with E-state index in [1.807, 2.05) is 11.6 Å². The number of nitrogens with zero attached hydrogens (tertiary/aromatic N) is 2. The smallest absolute Gasteiger partial charge is 0.0739 e. The minimum atomic E-state index is -0.317. The van der Waals surface area contributed by atoms with Crippen molar-refractivity contribution in [3.8, 4) is 0 Å². The Bertz CT molecular complexity index is 323. The highest BCUT2D eigenvalue weighted by molar-refractivity contribution is 9.10. The van der Waals surface area contributed by atoms with Crippen molar-refractivity contribution < 1.29 is 5.11 Å². The first kappa shape index (κ1) is 12.7. The zero-order valence-corrected chi connectivity index (χ0v) is 11.0. The van der Waals surface area contributed by atoms with Crippen molar-refractivity contribution in [2.45, 2.75) is 40.0 Å². The summed E-state index contributed by atoms with van der Waals surface area (Å²) in [7, 11) is 0. The highest BCUT2D eigenvalue weighted by atomic mass is 79.9. The normalized spacial score (nSPS) is 13.1. The van der Waals surface area contributed by atoms with Crippen LogP contribution in [0.5, 0.6) is 0 Å². The number of nitrogens with one attached hydrogen (secondary N) is 1. The van der Waals surface area contributed by atoms with Gasteiger partial charge in [-0.25, -0.2) is 0 Å². The number of rotatable bonds is 5. The van der Waals surface area contributed by atoms with E-state index in [1.54, 1.807) is 6.92 Å². The molecule has 86 valence electrons. The SMILES string of the molecule is CCn1nc(C)c(Br)c1CNCC(C)O. The average Bonchev–Trinajstić information content (AvgIpc) is 2.44. The van der Waals surface area contributed by atoms with Crippen molar-refractivity contribution in [2.75, 3.05) is 6.54 Å². The van der Waals surface area contributed by atoms with Crippen molar-refractivity contribution in [1.29, 1.82) is 0 Å². The van der Waals surface area contributed by atoms with E-state index in [2.05, 4.69) is 33.3 Å².